The second-order valence-electron chi connectivity index (χ2n) is 12.5. The molecule has 0 aliphatic heterocycles. The van der Waals surface area contributed by atoms with E-state index in [0.717, 1.165) is 6.42 Å². The van der Waals surface area contributed by atoms with Crippen molar-refractivity contribution in [2.45, 2.75) is 206 Å². The Morgan fingerprint density at radius 2 is 0.795 bits per heavy atom. The molecule has 2 N–H and O–H groups in total. The molecule has 0 fully saturated rings. The fourth-order valence-electron chi connectivity index (χ4n) is 5.76. The Bertz CT molecular complexity index is 460. The van der Waals surface area contributed by atoms with Crippen LogP contribution in [-0.2, 0) is 0 Å². The van der Waals surface area contributed by atoms with Crippen molar-refractivity contribution < 1.29 is 10.2 Å². The standard InChI is InChI=1S/C37H73O2/c1-3-5-7-9-11-13-15-17-19-21-23-25-27-29-31-36(33-34-37(39)35-38)32-30-28-26-24-22-20-18-16-14-12-10-8-6-4-2/h17,19,34,36-39H,3-16,18,20-33,35H2,1-2H3/b19-17-. The van der Waals surface area contributed by atoms with Crippen LogP contribution in [0.1, 0.15) is 200 Å². The van der Waals surface area contributed by atoms with Gasteiger partial charge >= 0.3 is 0 Å². The molecular formula is C37H73O2. The fourth-order valence-corrected chi connectivity index (χ4v) is 5.76. The lowest BCUT2D eigenvalue weighted by atomic mass is 9.89. The van der Waals surface area contributed by atoms with Crippen molar-refractivity contribution in [3.63, 3.8) is 0 Å². The van der Waals surface area contributed by atoms with Gasteiger partial charge < -0.3 is 10.2 Å². The monoisotopic (exact) mass is 550 g/mol. The molecule has 2 unspecified atom stereocenters. The van der Waals surface area contributed by atoms with Crippen molar-refractivity contribution in [3.8, 4) is 0 Å². The second-order valence-corrected chi connectivity index (χ2v) is 12.5. The Hall–Kier alpha value is -0.340. The number of rotatable bonds is 33. The van der Waals surface area contributed by atoms with Crippen molar-refractivity contribution >= 4 is 0 Å². The van der Waals surface area contributed by atoms with Gasteiger partial charge in [0.05, 0.1) is 12.7 Å². The van der Waals surface area contributed by atoms with Gasteiger partial charge in [-0.1, -0.05) is 180 Å². The maximum absolute atomic E-state index is 9.78. The average Bonchev–Trinajstić information content (AvgIpc) is 2.95. The normalized spacial score (nSPS) is 13.4. The molecule has 0 amide bonds. The van der Waals surface area contributed by atoms with Crippen LogP contribution in [-0.4, -0.2) is 22.9 Å². The van der Waals surface area contributed by atoms with E-state index in [4.69, 9.17) is 0 Å². The quantitative estimate of drug-likeness (QED) is 0.0631. The molecule has 0 saturated heterocycles. The molecule has 0 aliphatic rings. The smallest absolute Gasteiger partial charge is 0.0802 e. The Morgan fingerprint density at radius 1 is 0.462 bits per heavy atom. The van der Waals surface area contributed by atoms with E-state index in [0.29, 0.717) is 5.92 Å². The lowest BCUT2D eigenvalue weighted by Gasteiger charge is -2.18. The number of aliphatic hydroxyl groups excluding tert-OH is 2. The van der Waals surface area contributed by atoms with Crippen molar-refractivity contribution in [2.24, 2.45) is 5.92 Å². The van der Waals surface area contributed by atoms with E-state index in [-0.39, 0.29) is 6.61 Å². The molecule has 2 heteroatoms. The van der Waals surface area contributed by atoms with Crippen LogP contribution >= 0.6 is 0 Å². The van der Waals surface area contributed by atoms with Gasteiger partial charge in [0, 0.05) is 0 Å². The summed E-state index contributed by atoms with van der Waals surface area (Å²) in [7, 11) is 0. The average molecular weight is 550 g/mol. The van der Waals surface area contributed by atoms with Gasteiger partial charge in [-0.3, -0.25) is 0 Å². The molecule has 0 aromatic carbocycles. The van der Waals surface area contributed by atoms with Gasteiger partial charge in [-0.25, -0.2) is 0 Å². The van der Waals surface area contributed by atoms with Gasteiger partial charge in [0.2, 0.25) is 0 Å². The van der Waals surface area contributed by atoms with Crippen LogP contribution in [0.2, 0.25) is 0 Å². The first-order valence-electron chi connectivity index (χ1n) is 18.0. The molecule has 39 heavy (non-hydrogen) atoms. The van der Waals surface area contributed by atoms with Gasteiger partial charge in [-0.05, 0) is 44.4 Å². The second kappa shape index (κ2) is 33.9. The van der Waals surface area contributed by atoms with Gasteiger partial charge in [-0.2, -0.15) is 0 Å². The van der Waals surface area contributed by atoms with Crippen molar-refractivity contribution in [1.29, 1.82) is 0 Å². The summed E-state index contributed by atoms with van der Waals surface area (Å²) in [6, 6.07) is 0. The van der Waals surface area contributed by atoms with E-state index < -0.39 is 6.10 Å². The number of hydrogen-bond donors (Lipinski definition) is 2. The molecule has 0 bridgehead atoms. The Labute approximate surface area is 247 Å². The minimum Gasteiger partial charge on any atom is -0.394 e. The third kappa shape index (κ3) is 32.0. The summed E-state index contributed by atoms with van der Waals surface area (Å²) >= 11 is 0. The van der Waals surface area contributed by atoms with Gasteiger partial charge in [0.1, 0.15) is 0 Å². The molecule has 233 valence electrons. The minimum atomic E-state index is -0.646. The largest absolute Gasteiger partial charge is 0.394 e. The third-order valence-electron chi connectivity index (χ3n) is 8.52. The number of unbranched alkanes of at least 4 members (excludes halogenated alkanes) is 23. The first kappa shape index (κ1) is 38.7. The highest BCUT2D eigenvalue weighted by Crippen LogP contribution is 2.24. The Morgan fingerprint density at radius 3 is 1.15 bits per heavy atom. The highest BCUT2D eigenvalue weighted by Gasteiger charge is 2.12. The first-order chi connectivity index (χ1) is 19.2. The van der Waals surface area contributed by atoms with Crippen LogP contribution in [0.4, 0.5) is 0 Å². The lowest BCUT2D eigenvalue weighted by molar-refractivity contribution is 0.113. The summed E-state index contributed by atoms with van der Waals surface area (Å²) in [6.07, 6.45) is 45.6. The van der Waals surface area contributed by atoms with E-state index in [1.807, 2.05) is 6.42 Å². The molecule has 0 aliphatic carbocycles. The van der Waals surface area contributed by atoms with Crippen molar-refractivity contribution in [3.05, 3.63) is 18.6 Å². The molecule has 1 radical (unpaired) electrons. The summed E-state index contributed by atoms with van der Waals surface area (Å²) in [4.78, 5) is 0. The van der Waals surface area contributed by atoms with Gasteiger partial charge in [0.15, 0.2) is 0 Å². The molecule has 0 rings (SSSR count). The molecular weight excluding hydrogens is 476 g/mol. The van der Waals surface area contributed by atoms with Crippen LogP contribution in [0, 0.1) is 12.3 Å². The van der Waals surface area contributed by atoms with Crippen LogP contribution in [0.3, 0.4) is 0 Å². The zero-order valence-electron chi connectivity index (χ0n) is 27.0. The lowest BCUT2D eigenvalue weighted by Crippen LogP contribution is -2.15. The molecule has 0 spiro atoms. The highest BCUT2D eigenvalue weighted by molar-refractivity contribution is 4.81. The van der Waals surface area contributed by atoms with E-state index >= 15 is 0 Å². The Kier molecular flexibility index (Phi) is 33.6. The zero-order chi connectivity index (χ0) is 28.5. The zero-order valence-corrected chi connectivity index (χ0v) is 27.0. The molecule has 0 saturated carbocycles. The van der Waals surface area contributed by atoms with Crippen LogP contribution < -0.4 is 0 Å². The number of hydrogen-bond acceptors (Lipinski definition) is 2. The van der Waals surface area contributed by atoms with E-state index in [9.17, 15) is 10.2 Å². The van der Waals surface area contributed by atoms with E-state index in [2.05, 4.69) is 26.0 Å². The predicted molar refractivity (Wildman–Crippen MR) is 175 cm³/mol. The number of aliphatic hydroxyl groups is 2. The maximum atomic E-state index is 9.78. The SMILES string of the molecule is CCCCCCCC/C=C\CCCCCCC(C[CH]C(O)CO)CCCCCCCCCCCCCCCC. The maximum Gasteiger partial charge on any atom is 0.0802 e. The highest BCUT2D eigenvalue weighted by atomic mass is 16.3. The van der Waals surface area contributed by atoms with E-state index in [1.165, 1.54) is 180 Å². The van der Waals surface area contributed by atoms with Crippen LogP contribution in [0.25, 0.3) is 0 Å². The van der Waals surface area contributed by atoms with Crippen LogP contribution in [0.15, 0.2) is 12.2 Å². The minimum absolute atomic E-state index is 0.141. The summed E-state index contributed by atoms with van der Waals surface area (Å²) in [5.74, 6) is 0.681. The summed E-state index contributed by atoms with van der Waals surface area (Å²) < 4.78 is 0. The molecule has 0 aromatic heterocycles. The number of allylic oxidation sites excluding steroid dienone is 2. The summed E-state index contributed by atoms with van der Waals surface area (Å²) in [6.45, 7) is 4.44. The van der Waals surface area contributed by atoms with Crippen LogP contribution in [0.5, 0.6) is 0 Å². The topological polar surface area (TPSA) is 40.5 Å². The third-order valence-corrected chi connectivity index (χ3v) is 8.52. The van der Waals surface area contributed by atoms with Gasteiger partial charge in [-0.15, -0.1) is 0 Å². The summed E-state index contributed by atoms with van der Waals surface area (Å²) in [5.41, 5.74) is 0. The first-order valence-corrected chi connectivity index (χ1v) is 18.0. The summed E-state index contributed by atoms with van der Waals surface area (Å²) in [5, 5.41) is 19.0. The predicted octanol–water partition coefficient (Wildman–Crippen LogP) is 12.1. The van der Waals surface area contributed by atoms with Gasteiger partial charge in [0.25, 0.3) is 0 Å². The molecule has 0 aromatic rings. The molecule has 0 heterocycles. The fraction of sp³-hybridized carbons (Fsp3) is 0.919. The molecule has 2 nitrogen and oxygen atoms in total. The molecule has 2 atom stereocenters. The van der Waals surface area contributed by atoms with E-state index in [1.54, 1.807) is 0 Å². The Balaban J connectivity index is 3.72. The van der Waals surface area contributed by atoms with Crippen molar-refractivity contribution in [2.75, 3.05) is 6.61 Å². The van der Waals surface area contributed by atoms with Crippen molar-refractivity contribution in [1.82, 2.24) is 0 Å².